The van der Waals surface area contributed by atoms with E-state index in [9.17, 15) is 0 Å². The zero-order valence-corrected chi connectivity index (χ0v) is 11.7. The highest BCUT2D eigenvalue weighted by molar-refractivity contribution is 9.10. The number of imidazole rings is 1. The van der Waals surface area contributed by atoms with Crippen LogP contribution in [-0.4, -0.2) is 9.55 Å². The molecule has 2 aromatic rings. The largest absolute Gasteiger partial charge is 0.323 e. The van der Waals surface area contributed by atoms with Crippen LogP contribution < -0.4 is 5.73 Å². The van der Waals surface area contributed by atoms with Gasteiger partial charge in [-0.05, 0) is 40.5 Å². The molecule has 0 aliphatic heterocycles. The van der Waals surface area contributed by atoms with Gasteiger partial charge >= 0.3 is 0 Å². The first-order valence-electron chi connectivity index (χ1n) is 5.36. The van der Waals surface area contributed by atoms with Gasteiger partial charge in [-0.25, -0.2) is 4.98 Å². The third kappa shape index (κ3) is 2.54. The Morgan fingerprint density at radius 2 is 2.29 bits per heavy atom. The van der Waals surface area contributed by atoms with Crippen molar-refractivity contribution in [2.24, 2.45) is 5.73 Å². The molecule has 17 heavy (non-hydrogen) atoms. The van der Waals surface area contributed by atoms with Gasteiger partial charge < -0.3 is 10.3 Å². The number of hydrogen-bond donors (Lipinski definition) is 1. The maximum atomic E-state index is 6.05. The first-order chi connectivity index (χ1) is 8.13. The van der Waals surface area contributed by atoms with Gasteiger partial charge in [0.25, 0.3) is 0 Å². The molecule has 1 atom stereocenters. The van der Waals surface area contributed by atoms with Gasteiger partial charge in [0, 0.05) is 16.2 Å². The number of nitrogens with two attached hydrogens (primary N) is 1. The molecule has 0 unspecified atom stereocenters. The van der Waals surface area contributed by atoms with Gasteiger partial charge in [0.2, 0.25) is 0 Å². The van der Waals surface area contributed by atoms with Crippen LogP contribution in [0.3, 0.4) is 0 Å². The van der Waals surface area contributed by atoms with Crippen molar-refractivity contribution < 1.29 is 0 Å². The quantitative estimate of drug-likeness (QED) is 0.939. The van der Waals surface area contributed by atoms with E-state index in [0.29, 0.717) is 5.02 Å². The Morgan fingerprint density at radius 1 is 1.53 bits per heavy atom. The minimum atomic E-state index is -0.00745. The fraction of sp³-hybridized carbons (Fsp3) is 0.250. The van der Waals surface area contributed by atoms with E-state index in [-0.39, 0.29) is 6.04 Å². The fourth-order valence-corrected chi connectivity index (χ4v) is 2.12. The smallest absolute Gasteiger partial charge is 0.0994 e. The first kappa shape index (κ1) is 12.6. The average molecular weight is 315 g/mol. The van der Waals surface area contributed by atoms with Crippen LogP contribution in [0.2, 0.25) is 5.02 Å². The molecule has 0 spiro atoms. The lowest BCUT2D eigenvalue weighted by Gasteiger charge is -2.13. The summed E-state index contributed by atoms with van der Waals surface area (Å²) in [5, 5.41) is 0.690. The van der Waals surface area contributed by atoms with E-state index in [0.717, 1.165) is 22.3 Å². The molecular weight excluding hydrogens is 302 g/mol. The van der Waals surface area contributed by atoms with E-state index >= 15 is 0 Å². The molecule has 0 aliphatic rings. The molecule has 0 bridgehead atoms. The Morgan fingerprint density at radius 3 is 2.94 bits per heavy atom. The van der Waals surface area contributed by atoms with Crippen LogP contribution in [0, 0.1) is 0 Å². The van der Waals surface area contributed by atoms with Gasteiger partial charge in [-0.1, -0.05) is 18.5 Å². The highest BCUT2D eigenvalue weighted by Crippen LogP contribution is 2.26. The van der Waals surface area contributed by atoms with Crippen LogP contribution in [-0.2, 0) is 0 Å². The van der Waals surface area contributed by atoms with Gasteiger partial charge in [-0.3, -0.25) is 0 Å². The predicted molar refractivity (Wildman–Crippen MR) is 73.5 cm³/mol. The van der Waals surface area contributed by atoms with Crippen LogP contribution in [0.5, 0.6) is 0 Å². The minimum absolute atomic E-state index is 0.00745. The molecular formula is C12H13BrClN3. The molecule has 2 rings (SSSR count). The van der Waals surface area contributed by atoms with Crippen molar-refractivity contribution in [1.29, 1.82) is 0 Å². The molecule has 0 saturated heterocycles. The molecule has 5 heteroatoms. The van der Waals surface area contributed by atoms with E-state index in [1.807, 2.05) is 22.8 Å². The SMILES string of the molecule is CC[C@@H](N)c1cncn1-c1ccc(Cl)c(Br)c1. The molecule has 1 heterocycles. The van der Waals surface area contributed by atoms with Crippen LogP contribution in [0.4, 0.5) is 0 Å². The van der Waals surface area contributed by atoms with E-state index in [1.54, 1.807) is 12.5 Å². The second-order valence-corrected chi connectivity index (χ2v) is 5.06. The van der Waals surface area contributed by atoms with Crippen molar-refractivity contribution in [3.63, 3.8) is 0 Å². The van der Waals surface area contributed by atoms with E-state index < -0.39 is 0 Å². The summed E-state index contributed by atoms with van der Waals surface area (Å²) in [6.07, 6.45) is 4.44. The predicted octanol–water partition coefficient (Wildman–Crippen LogP) is 3.70. The van der Waals surface area contributed by atoms with Crippen molar-refractivity contribution >= 4 is 27.5 Å². The van der Waals surface area contributed by atoms with Gasteiger partial charge in [-0.2, -0.15) is 0 Å². The Hall–Kier alpha value is -0.840. The fourth-order valence-electron chi connectivity index (χ4n) is 1.64. The average Bonchev–Trinajstić information content (AvgIpc) is 2.80. The highest BCUT2D eigenvalue weighted by atomic mass is 79.9. The van der Waals surface area contributed by atoms with Crippen molar-refractivity contribution in [1.82, 2.24) is 9.55 Å². The van der Waals surface area contributed by atoms with Gasteiger partial charge in [0.05, 0.1) is 23.2 Å². The molecule has 0 saturated carbocycles. The second kappa shape index (κ2) is 5.21. The van der Waals surface area contributed by atoms with Crippen LogP contribution in [0.15, 0.2) is 35.2 Å². The van der Waals surface area contributed by atoms with Crippen molar-refractivity contribution in [2.45, 2.75) is 19.4 Å². The summed E-state index contributed by atoms with van der Waals surface area (Å²) in [6.45, 7) is 2.06. The highest BCUT2D eigenvalue weighted by Gasteiger charge is 2.11. The topological polar surface area (TPSA) is 43.8 Å². The summed E-state index contributed by atoms with van der Waals surface area (Å²) >= 11 is 9.39. The third-order valence-electron chi connectivity index (χ3n) is 2.67. The van der Waals surface area contributed by atoms with Crippen molar-refractivity contribution in [3.05, 3.63) is 45.9 Å². The summed E-state index contributed by atoms with van der Waals surface area (Å²) in [5.74, 6) is 0. The lowest BCUT2D eigenvalue weighted by Crippen LogP contribution is -2.13. The molecule has 0 fully saturated rings. The molecule has 2 N–H and O–H groups in total. The Labute approximate surface area is 114 Å². The number of rotatable bonds is 3. The third-order valence-corrected chi connectivity index (χ3v) is 3.88. The Bertz CT molecular complexity index is 524. The number of hydrogen-bond acceptors (Lipinski definition) is 2. The lowest BCUT2D eigenvalue weighted by atomic mass is 10.2. The lowest BCUT2D eigenvalue weighted by molar-refractivity contribution is 0.660. The van der Waals surface area contributed by atoms with Crippen molar-refractivity contribution in [2.75, 3.05) is 0 Å². The molecule has 1 aromatic heterocycles. The normalized spacial score (nSPS) is 12.7. The number of aromatic nitrogens is 2. The van der Waals surface area contributed by atoms with E-state index in [1.165, 1.54) is 0 Å². The molecule has 90 valence electrons. The summed E-state index contributed by atoms with van der Waals surface area (Å²) in [5.41, 5.74) is 8.05. The van der Waals surface area contributed by atoms with Crippen molar-refractivity contribution in [3.8, 4) is 5.69 Å². The standard InChI is InChI=1S/C12H13BrClN3/c1-2-11(15)12-6-16-7-17(12)8-3-4-10(14)9(13)5-8/h3-7,11H,2,15H2,1H3/t11-/m1/s1. The Kier molecular flexibility index (Phi) is 3.86. The Balaban J connectivity index is 2.46. The first-order valence-corrected chi connectivity index (χ1v) is 6.53. The van der Waals surface area contributed by atoms with Crippen LogP contribution in [0.1, 0.15) is 25.1 Å². The second-order valence-electron chi connectivity index (χ2n) is 3.80. The summed E-state index contributed by atoms with van der Waals surface area (Å²) < 4.78 is 2.84. The van der Waals surface area contributed by atoms with E-state index in [2.05, 4.69) is 27.8 Å². The number of benzene rings is 1. The zero-order valence-electron chi connectivity index (χ0n) is 9.40. The number of halogens is 2. The maximum absolute atomic E-state index is 6.05. The molecule has 0 radical (unpaired) electrons. The monoisotopic (exact) mass is 313 g/mol. The zero-order chi connectivity index (χ0) is 12.4. The van der Waals surface area contributed by atoms with Gasteiger partial charge in [-0.15, -0.1) is 0 Å². The minimum Gasteiger partial charge on any atom is -0.323 e. The molecule has 1 aromatic carbocycles. The van der Waals surface area contributed by atoms with Crippen LogP contribution >= 0.6 is 27.5 Å². The number of nitrogens with zero attached hydrogens (tertiary/aromatic N) is 2. The maximum Gasteiger partial charge on any atom is 0.0994 e. The van der Waals surface area contributed by atoms with E-state index in [4.69, 9.17) is 17.3 Å². The van der Waals surface area contributed by atoms with Crippen LogP contribution in [0.25, 0.3) is 5.69 Å². The van der Waals surface area contributed by atoms with Gasteiger partial charge in [0.1, 0.15) is 0 Å². The summed E-state index contributed by atoms with van der Waals surface area (Å²) in [6, 6.07) is 5.74. The summed E-state index contributed by atoms with van der Waals surface area (Å²) in [4.78, 5) is 4.15. The van der Waals surface area contributed by atoms with Gasteiger partial charge in [0.15, 0.2) is 0 Å². The summed E-state index contributed by atoms with van der Waals surface area (Å²) in [7, 11) is 0. The molecule has 0 amide bonds. The molecule has 3 nitrogen and oxygen atoms in total. The molecule has 0 aliphatic carbocycles.